The van der Waals surface area contributed by atoms with Gasteiger partial charge >= 0.3 is 6.03 Å². The number of ether oxygens (including phenoxy) is 2. The lowest BCUT2D eigenvalue weighted by Crippen LogP contribution is -2.36. The van der Waals surface area contributed by atoms with E-state index in [-0.39, 0.29) is 6.03 Å². The van der Waals surface area contributed by atoms with Crippen LogP contribution in [0.1, 0.15) is 0 Å². The molecular formula is C28H30N10O3. The molecule has 0 radical (unpaired) electrons. The molecule has 1 fully saturated rings. The second-order valence-corrected chi connectivity index (χ2v) is 10.3. The van der Waals surface area contributed by atoms with Crippen molar-refractivity contribution in [1.82, 2.24) is 39.2 Å². The number of benzene rings is 1. The summed E-state index contributed by atoms with van der Waals surface area (Å²) in [5, 5.41) is 13.6. The van der Waals surface area contributed by atoms with Crippen LogP contribution in [0.5, 0.6) is 11.5 Å². The average Bonchev–Trinajstić information content (AvgIpc) is 3.70. The molecule has 0 aliphatic carbocycles. The fraction of sp³-hybridized carbons (Fsp3) is 0.321. The van der Waals surface area contributed by atoms with E-state index in [0.717, 1.165) is 28.7 Å². The summed E-state index contributed by atoms with van der Waals surface area (Å²) in [5.41, 5.74) is 4.49. The zero-order chi connectivity index (χ0) is 28.1. The van der Waals surface area contributed by atoms with Crippen molar-refractivity contribution in [2.75, 3.05) is 70.8 Å². The predicted octanol–water partition coefficient (Wildman–Crippen LogP) is 2.75. The lowest BCUT2D eigenvalue weighted by molar-refractivity contribution is 0.215. The lowest BCUT2D eigenvalue weighted by Gasteiger charge is -2.21. The molecular weight excluding hydrogens is 524 g/mol. The van der Waals surface area contributed by atoms with Crippen LogP contribution >= 0.6 is 0 Å². The summed E-state index contributed by atoms with van der Waals surface area (Å²) in [6.07, 6.45) is 7.10. The van der Waals surface area contributed by atoms with E-state index >= 15 is 0 Å². The quantitative estimate of drug-likeness (QED) is 0.324. The van der Waals surface area contributed by atoms with Crippen molar-refractivity contribution in [3.63, 3.8) is 0 Å². The zero-order valence-electron chi connectivity index (χ0n) is 23.1. The van der Waals surface area contributed by atoms with E-state index < -0.39 is 0 Å². The number of hydrogen-bond donors (Lipinski definition) is 1. The highest BCUT2D eigenvalue weighted by atomic mass is 16.5. The second-order valence-electron chi connectivity index (χ2n) is 10.3. The highest BCUT2D eigenvalue weighted by Crippen LogP contribution is 2.40. The summed E-state index contributed by atoms with van der Waals surface area (Å²) < 4.78 is 15.3. The van der Waals surface area contributed by atoms with Crippen LogP contribution in [0.2, 0.25) is 0 Å². The third-order valence-corrected chi connectivity index (χ3v) is 7.45. The standard InChI is InChI=1S/C28H30N10O3/c1-34(2)8-9-35-10-11-36(28(35)39)27-19-16-31-20(18-17-32-37-7-4-5-30-26(18)37)13-22(19)38(33-27)23-15-24-21(14-25(23)40-3)29-6-12-41-24/h4-5,7,13-17,29H,6,8-12H2,1-3H3. The Bertz CT molecular complexity index is 1780. The van der Waals surface area contributed by atoms with Gasteiger partial charge in [-0.3, -0.25) is 9.88 Å². The number of nitrogens with one attached hydrogen (secondary N) is 1. The highest BCUT2D eigenvalue weighted by molar-refractivity contribution is 6.03. The van der Waals surface area contributed by atoms with Crippen LogP contribution in [-0.4, -0.2) is 106 Å². The van der Waals surface area contributed by atoms with Gasteiger partial charge in [0.1, 0.15) is 23.8 Å². The number of carbonyl (C=O) groups excluding carboxylic acids is 1. The molecule has 0 spiro atoms. The molecule has 13 heteroatoms. The minimum absolute atomic E-state index is 0.0701. The average molecular weight is 555 g/mol. The number of amides is 2. The topological polar surface area (TPSA) is 118 Å². The molecule has 7 rings (SSSR count). The Morgan fingerprint density at radius 3 is 2.90 bits per heavy atom. The Balaban J connectivity index is 1.39. The lowest BCUT2D eigenvalue weighted by atomic mass is 10.1. The monoisotopic (exact) mass is 554 g/mol. The van der Waals surface area contributed by atoms with Gasteiger partial charge in [-0.1, -0.05) is 0 Å². The molecule has 0 bridgehead atoms. The van der Waals surface area contributed by atoms with Crippen molar-refractivity contribution in [1.29, 1.82) is 0 Å². The van der Waals surface area contributed by atoms with Gasteiger partial charge in [-0.25, -0.2) is 19.0 Å². The van der Waals surface area contributed by atoms with E-state index in [1.165, 1.54) is 0 Å². The minimum atomic E-state index is -0.0701. The molecule has 4 aromatic heterocycles. The van der Waals surface area contributed by atoms with Crippen LogP contribution in [0.25, 0.3) is 33.5 Å². The molecule has 0 atom stereocenters. The third kappa shape index (κ3) is 4.25. The third-order valence-electron chi connectivity index (χ3n) is 7.45. The number of pyridine rings is 1. The maximum atomic E-state index is 13.5. The van der Waals surface area contributed by atoms with Crippen molar-refractivity contribution in [3.05, 3.63) is 49.1 Å². The Hall–Kier alpha value is -4.91. The maximum absolute atomic E-state index is 13.5. The van der Waals surface area contributed by atoms with Crippen molar-refractivity contribution in [3.8, 4) is 28.4 Å². The summed E-state index contributed by atoms with van der Waals surface area (Å²) >= 11 is 0. The number of fused-ring (bicyclic) bond motifs is 3. The van der Waals surface area contributed by atoms with E-state index in [1.807, 2.05) is 54.1 Å². The van der Waals surface area contributed by atoms with Gasteiger partial charge in [0.2, 0.25) is 0 Å². The Labute approximate surface area is 235 Å². The van der Waals surface area contributed by atoms with Gasteiger partial charge in [0, 0.05) is 63.4 Å². The molecule has 1 saturated heterocycles. The number of hydrogen-bond acceptors (Lipinski definition) is 9. The zero-order valence-corrected chi connectivity index (χ0v) is 23.1. The van der Waals surface area contributed by atoms with Crippen LogP contribution < -0.4 is 19.7 Å². The number of rotatable bonds is 7. The number of nitrogens with zero attached hydrogens (tertiary/aromatic N) is 9. The van der Waals surface area contributed by atoms with E-state index in [0.29, 0.717) is 67.1 Å². The predicted molar refractivity (Wildman–Crippen MR) is 154 cm³/mol. The van der Waals surface area contributed by atoms with Gasteiger partial charge in [0.25, 0.3) is 0 Å². The Kier molecular flexibility index (Phi) is 6.07. The van der Waals surface area contributed by atoms with Crippen LogP contribution in [0.4, 0.5) is 16.3 Å². The summed E-state index contributed by atoms with van der Waals surface area (Å²) in [5.74, 6) is 1.88. The summed E-state index contributed by atoms with van der Waals surface area (Å²) in [6.45, 7) is 3.87. The van der Waals surface area contributed by atoms with Crippen molar-refractivity contribution >= 4 is 34.1 Å². The molecule has 2 aliphatic heterocycles. The van der Waals surface area contributed by atoms with Gasteiger partial charge < -0.3 is 24.6 Å². The van der Waals surface area contributed by atoms with Crippen LogP contribution in [-0.2, 0) is 0 Å². The maximum Gasteiger partial charge on any atom is 0.325 e. The van der Waals surface area contributed by atoms with Gasteiger partial charge in [-0.05, 0) is 26.2 Å². The number of urea groups is 1. The molecule has 0 saturated carbocycles. The normalized spacial score (nSPS) is 15.1. The molecule has 210 valence electrons. The van der Waals surface area contributed by atoms with Crippen molar-refractivity contribution in [2.45, 2.75) is 0 Å². The first kappa shape index (κ1) is 25.1. The summed E-state index contributed by atoms with van der Waals surface area (Å²) in [4.78, 5) is 28.5. The van der Waals surface area contributed by atoms with Crippen molar-refractivity contribution < 1.29 is 14.3 Å². The SMILES string of the molecule is COc1cc2c(cc1-n1nc(N3CCN(CCN(C)C)C3=O)c3cnc(-c4cnn5cccnc45)cc31)OCCN2. The minimum Gasteiger partial charge on any atom is -0.494 e. The van der Waals surface area contributed by atoms with Crippen molar-refractivity contribution in [2.24, 2.45) is 0 Å². The molecule has 0 unspecified atom stereocenters. The first-order valence-electron chi connectivity index (χ1n) is 13.5. The first-order valence-corrected chi connectivity index (χ1v) is 13.5. The molecule has 1 N–H and O–H groups in total. The second kappa shape index (κ2) is 9.93. The van der Waals surface area contributed by atoms with Crippen LogP contribution in [0.15, 0.2) is 49.1 Å². The van der Waals surface area contributed by atoms with E-state index in [1.54, 1.807) is 35.1 Å². The summed E-state index contributed by atoms with van der Waals surface area (Å²) in [6, 6.07) is 7.55. The van der Waals surface area contributed by atoms with Gasteiger partial charge in [-0.15, -0.1) is 5.10 Å². The Morgan fingerprint density at radius 1 is 1.15 bits per heavy atom. The number of carbonyl (C=O) groups is 1. The van der Waals surface area contributed by atoms with E-state index in [4.69, 9.17) is 19.6 Å². The van der Waals surface area contributed by atoms with Gasteiger partial charge in [0.15, 0.2) is 11.5 Å². The van der Waals surface area contributed by atoms with Crippen LogP contribution in [0, 0.1) is 0 Å². The molecule has 6 heterocycles. The van der Waals surface area contributed by atoms with Gasteiger partial charge in [0.05, 0.1) is 41.2 Å². The largest absolute Gasteiger partial charge is 0.494 e. The molecule has 5 aromatic rings. The number of anilines is 2. The first-order chi connectivity index (χ1) is 20.0. The smallest absolute Gasteiger partial charge is 0.325 e. The molecule has 41 heavy (non-hydrogen) atoms. The highest BCUT2D eigenvalue weighted by Gasteiger charge is 2.33. The Morgan fingerprint density at radius 2 is 2.05 bits per heavy atom. The number of methoxy groups -OCH3 is 1. The molecule has 13 nitrogen and oxygen atoms in total. The van der Waals surface area contributed by atoms with E-state index in [2.05, 4.69) is 20.3 Å². The van der Waals surface area contributed by atoms with E-state index in [9.17, 15) is 4.79 Å². The fourth-order valence-electron chi connectivity index (χ4n) is 5.32. The molecule has 1 aromatic carbocycles. The molecule has 2 aliphatic rings. The molecule has 2 amide bonds. The van der Waals surface area contributed by atoms with Gasteiger partial charge in [-0.2, -0.15) is 5.10 Å². The summed E-state index contributed by atoms with van der Waals surface area (Å²) in [7, 11) is 5.63. The number of aromatic nitrogens is 6. The fourth-order valence-corrected chi connectivity index (χ4v) is 5.32. The van der Waals surface area contributed by atoms with Crippen LogP contribution in [0.3, 0.4) is 0 Å². The number of likely N-dealkylation sites (N-methyl/N-ethyl adjacent to an activating group) is 1.